The molecule has 1 aromatic carbocycles. The Hall–Kier alpha value is -1.35. The van der Waals surface area contributed by atoms with Crippen LogP contribution < -0.4 is 5.32 Å². The molecule has 0 bridgehead atoms. The van der Waals surface area contributed by atoms with E-state index in [9.17, 15) is 4.79 Å². The highest BCUT2D eigenvalue weighted by Crippen LogP contribution is 2.05. The van der Waals surface area contributed by atoms with Gasteiger partial charge in [0.2, 0.25) is 0 Å². The molecule has 0 saturated carbocycles. The molecule has 3 heteroatoms. The molecule has 3 nitrogen and oxygen atoms in total. The molecule has 1 rings (SSSR count). The van der Waals surface area contributed by atoms with E-state index in [1.807, 2.05) is 12.1 Å². The van der Waals surface area contributed by atoms with Gasteiger partial charge in [-0.15, -0.1) is 0 Å². The van der Waals surface area contributed by atoms with E-state index < -0.39 is 0 Å². The van der Waals surface area contributed by atoms with Crippen LogP contribution in [0.15, 0.2) is 24.3 Å². The van der Waals surface area contributed by atoms with Gasteiger partial charge in [-0.05, 0) is 37.2 Å². The molecule has 0 aromatic heterocycles. The number of ether oxygens (including phenoxy) is 1. The highest BCUT2D eigenvalue weighted by Gasteiger charge is 2.03. The number of methoxy groups -OCH3 is 1. The van der Waals surface area contributed by atoms with Crippen molar-refractivity contribution in [1.82, 2.24) is 5.32 Å². The maximum absolute atomic E-state index is 11.2. The van der Waals surface area contributed by atoms with Crippen LogP contribution in [0.3, 0.4) is 0 Å². The molecule has 0 unspecified atom stereocenters. The van der Waals surface area contributed by atoms with Crippen molar-refractivity contribution in [2.75, 3.05) is 20.2 Å². The Kier molecular flexibility index (Phi) is 4.84. The number of carbonyl (C=O) groups excluding carboxylic acids is 1. The van der Waals surface area contributed by atoms with Crippen LogP contribution in [-0.2, 0) is 11.2 Å². The van der Waals surface area contributed by atoms with Gasteiger partial charge in [0.15, 0.2) is 0 Å². The van der Waals surface area contributed by atoms with Crippen molar-refractivity contribution in [3.8, 4) is 0 Å². The fourth-order valence-electron chi connectivity index (χ4n) is 1.33. The van der Waals surface area contributed by atoms with Crippen LogP contribution in [0.1, 0.15) is 22.8 Å². The van der Waals surface area contributed by atoms with E-state index in [1.165, 1.54) is 12.7 Å². The first-order chi connectivity index (χ1) is 7.27. The molecule has 0 spiro atoms. The largest absolute Gasteiger partial charge is 0.465 e. The van der Waals surface area contributed by atoms with Crippen LogP contribution in [0.2, 0.25) is 0 Å². The minimum Gasteiger partial charge on any atom is -0.465 e. The van der Waals surface area contributed by atoms with Gasteiger partial charge in [0.1, 0.15) is 0 Å². The van der Waals surface area contributed by atoms with Crippen molar-refractivity contribution in [2.24, 2.45) is 0 Å². The SMILES string of the molecule is CCNCCc1ccc(C(=O)OC)cc1. The molecule has 82 valence electrons. The number of rotatable bonds is 5. The summed E-state index contributed by atoms with van der Waals surface area (Å²) in [4.78, 5) is 11.2. The molecule has 0 atom stereocenters. The van der Waals surface area contributed by atoms with E-state index in [4.69, 9.17) is 0 Å². The van der Waals surface area contributed by atoms with Crippen molar-refractivity contribution >= 4 is 5.97 Å². The Morgan fingerprint density at radius 2 is 2.00 bits per heavy atom. The highest BCUT2D eigenvalue weighted by molar-refractivity contribution is 5.89. The maximum Gasteiger partial charge on any atom is 0.337 e. The van der Waals surface area contributed by atoms with E-state index in [0.717, 1.165) is 19.5 Å². The quantitative estimate of drug-likeness (QED) is 0.589. The zero-order valence-electron chi connectivity index (χ0n) is 9.25. The third-order valence-electron chi connectivity index (χ3n) is 2.22. The normalized spacial score (nSPS) is 10.0. The van der Waals surface area contributed by atoms with Gasteiger partial charge in [0.05, 0.1) is 12.7 Å². The predicted octanol–water partition coefficient (Wildman–Crippen LogP) is 1.63. The third kappa shape index (κ3) is 3.72. The van der Waals surface area contributed by atoms with Crippen LogP contribution in [0, 0.1) is 0 Å². The average molecular weight is 207 g/mol. The van der Waals surface area contributed by atoms with Crippen LogP contribution in [0.25, 0.3) is 0 Å². The molecule has 0 aliphatic heterocycles. The third-order valence-corrected chi connectivity index (χ3v) is 2.22. The van der Waals surface area contributed by atoms with Gasteiger partial charge in [0, 0.05) is 0 Å². The molecule has 0 heterocycles. The van der Waals surface area contributed by atoms with Gasteiger partial charge in [-0.3, -0.25) is 0 Å². The van der Waals surface area contributed by atoms with Crippen molar-refractivity contribution < 1.29 is 9.53 Å². The first-order valence-electron chi connectivity index (χ1n) is 5.16. The standard InChI is InChI=1S/C12H17NO2/c1-3-13-9-8-10-4-6-11(7-5-10)12(14)15-2/h4-7,13H,3,8-9H2,1-2H3. The number of likely N-dealkylation sites (N-methyl/N-ethyl adjacent to an activating group) is 1. The zero-order chi connectivity index (χ0) is 11.1. The lowest BCUT2D eigenvalue weighted by Gasteiger charge is -2.03. The lowest BCUT2D eigenvalue weighted by atomic mass is 10.1. The Bertz CT molecular complexity index is 306. The number of carbonyl (C=O) groups is 1. The Morgan fingerprint density at radius 1 is 1.33 bits per heavy atom. The van der Waals surface area contributed by atoms with E-state index in [1.54, 1.807) is 12.1 Å². The van der Waals surface area contributed by atoms with Crippen LogP contribution >= 0.6 is 0 Å². The second-order valence-corrected chi connectivity index (χ2v) is 3.29. The average Bonchev–Trinajstić information content (AvgIpc) is 2.29. The topological polar surface area (TPSA) is 38.3 Å². The molecule has 0 fully saturated rings. The summed E-state index contributed by atoms with van der Waals surface area (Å²) in [6, 6.07) is 7.52. The molecule has 0 aliphatic carbocycles. The fraction of sp³-hybridized carbons (Fsp3) is 0.417. The molecule has 1 N–H and O–H groups in total. The lowest BCUT2D eigenvalue weighted by molar-refractivity contribution is 0.0600. The van der Waals surface area contributed by atoms with Crippen LogP contribution in [0.5, 0.6) is 0 Å². The predicted molar refractivity (Wildman–Crippen MR) is 60.0 cm³/mol. The second-order valence-electron chi connectivity index (χ2n) is 3.29. The number of nitrogens with one attached hydrogen (secondary N) is 1. The molecule has 1 aromatic rings. The van der Waals surface area contributed by atoms with E-state index >= 15 is 0 Å². The van der Waals surface area contributed by atoms with Crippen molar-refractivity contribution in [3.63, 3.8) is 0 Å². The molecular formula is C12H17NO2. The number of esters is 1. The van der Waals surface area contributed by atoms with Crippen molar-refractivity contribution in [2.45, 2.75) is 13.3 Å². The monoisotopic (exact) mass is 207 g/mol. The fourth-order valence-corrected chi connectivity index (χ4v) is 1.33. The summed E-state index contributed by atoms with van der Waals surface area (Å²) in [6.45, 7) is 4.04. The van der Waals surface area contributed by atoms with E-state index in [0.29, 0.717) is 5.56 Å². The van der Waals surface area contributed by atoms with Crippen molar-refractivity contribution in [1.29, 1.82) is 0 Å². The summed E-state index contributed by atoms with van der Waals surface area (Å²) >= 11 is 0. The summed E-state index contributed by atoms with van der Waals surface area (Å²) in [5.74, 6) is -0.284. The minimum absolute atomic E-state index is 0.284. The Labute approximate surface area is 90.4 Å². The summed E-state index contributed by atoms with van der Waals surface area (Å²) in [7, 11) is 1.39. The first-order valence-corrected chi connectivity index (χ1v) is 5.16. The van der Waals surface area contributed by atoms with Crippen molar-refractivity contribution in [3.05, 3.63) is 35.4 Å². The Morgan fingerprint density at radius 3 is 2.53 bits per heavy atom. The molecule has 15 heavy (non-hydrogen) atoms. The van der Waals surface area contributed by atoms with Crippen LogP contribution in [0.4, 0.5) is 0 Å². The summed E-state index contributed by atoms with van der Waals surface area (Å²) in [5, 5.41) is 3.25. The van der Waals surface area contributed by atoms with Gasteiger partial charge in [0.25, 0.3) is 0 Å². The highest BCUT2D eigenvalue weighted by atomic mass is 16.5. The van der Waals surface area contributed by atoms with Crippen LogP contribution in [-0.4, -0.2) is 26.2 Å². The van der Waals surface area contributed by atoms with Gasteiger partial charge >= 0.3 is 5.97 Å². The molecule has 0 radical (unpaired) electrons. The molecule has 0 amide bonds. The van der Waals surface area contributed by atoms with Gasteiger partial charge in [-0.1, -0.05) is 19.1 Å². The second kappa shape index (κ2) is 6.19. The molecule has 0 aliphatic rings. The lowest BCUT2D eigenvalue weighted by Crippen LogP contribution is -2.16. The van der Waals surface area contributed by atoms with Gasteiger partial charge < -0.3 is 10.1 Å². The van der Waals surface area contributed by atoms with Gasteiger partial charge in [-0.2, -0.15) is 0 Å². The Balaban J connectivity index is 2.52. The van der Waals surface area contributed by atoms with Gasteiger partial charge in [-0.25, -0.2) is 4.79 Å². The summed E-state index contributed by atoms with van der Waals surface area (Å²) in [5.41, 5.74) is 1.83. The first kappa shape index (κ1) is 11.7. The summed E-state index contributed by atoms with van der Waals surface area (Å²) in [6.07, 6.45) is 0.981. The zero-order valence-corrected chi connectivity index (χ0v) is 9.25. The minimum atomic E-state index is -0.284. The number of hydrogen-bond donors (Lipinski definition) is 1. The molecule has 0 saturated heterocycles. The number of hydrogen-bond acceptors (Lipinski definition) is 3. The number of benzene rings is 1. The summed E-state index contributed by atoms with van der Waals surface area (Å²) < 4.78 is 4.62. The van der Waals surface area contributed by atoms with E-state index in [-0.39, 0.29) is 5.97 Å². The van der Waals surface area contributed by atoms with E-state index in [2.05, 4.69) is 17.0 Å². The maximum atomic E-state index is 11.2. The molecular weight excluding hydrogens is 190 g/mol. The smallest absolute Gasteiger partial charge is 0.337 e.